The Labute approximate surface area is 186 Å². The molecule has 1 spiro atoms. The summed E-state index contributed by atoms with van der Waals surface area (Å²) in [6.45, 7) is 6.68. The Morgan fingerprint density at radius 1 is 1.17 bits per heavy atom. The van der Waals surface area contributed by atoms with Crippen LogP contribution >= 0.6 is 15.9 Å². The van der Waals surface area contributed by atoms with Crippen molar-refractivity contribution in [1.82, 2.24) is 9.88 Å². The van der Waals surface area contributed by atoms with Gasteiger partial charge in [0.15, 0.2) is 0 Å². The van der Waals surface area contributed by atoms with E-state index in [1.165, 1.54) is 0 Å². The number of hydrogen-bond acceptors (Lipinski definition) is 5. The van der Waals surface area contributed by atoms with Crippen molar-refractivity contribution in [1.29, 1.82) is 0 Å². The molecule has 2 heterocycles. The van der Waals surface area contributed by atoms with Crippen LogP contribution in [0.15, 0.2) is 22.9 Å². The van der Waals surface area contributed by atoms with Crippen molar-refractivity contribution < 1.29 is 24.2 Å². The number of carbonyl (C=O) groups is 2. The second-order valence-corrected chi connectivity index (χ2v) is 10.2. The van der Waals surface area contributed by atoms with E-state index in [1.54, 1.807) is 11.1 Å². The second-order valence-electron chi connectivity index (χ2n) is 9.49. The minimum atomic E-state index is -0.972. The highest BCUT2D eigenvalue weighted by Gasteiger charge is 2.47. The minimum Gasteiger partial charge on any atom is -0.480 e. The van der Waals surface area contributed by atoms with Crippen molar-refractivity contribution in [3.63, 3.8) is 0 Å². The van der Waals surface area contributed by atoms with E-state index >= 15 is 0 Å². The summed E-state index contributed by atoms with van der Waals surface area (Å²) in [5.74, 6) is -0.972. The lowest BCUT2D eigenvalue weighted by atomic mass is 9.63. The zero-order valence-electron chi connectivity index (χ0n) is 17.9. The normalized spacial score (nSPS) is 20.7. The number of ether oxygens (including phenoxy) is 2. The molecule has 1 aromatic rings. The summed E-state index contributed by atoms with van der Waals surface area (Å²) in [5, 5.41) is 9.18. The number of hydrogen-bond donors (Lipinski definition) is 1. The first kappa shape index (κ1) is 23.0. The van der Waals surface area contributed by atoms with E-state index in [2.05, 4.69) is 20.9 Å². The molecule has 1 aliphatic heterocycles. The maximum absolute atomic E-state index is 12.4. The molecule has 0 aromatic carbocycles. The van der Waals surface area contributed by atoms with Crippen molar-refractivity contribution in [3.05, 3.63) is 28.5 Å². The fourth-order valence-corrected chi connectivity index (χ4v) is 5.20. The molecule has 2 fully saturated rings. The second kappa shape index (κ2) is 8.83. The Balaban J connectivity index is 1.68. The first-order chi connectivity index (χ1) is 14.0. The van der Waals surface area contributed by atoms with E-state index in [4.69, 9.17) is 9.47 Å². The van der Waals surface area contributed by atoms with E-state index in [1.807, 2.05) is 32.9 Å². The van der Waals surface area contributed by atoms with Crippen molar-refractivity contribution in [2.75, 3.05) is 19.7 Å². The zero-order valence-corrected chi connectivity index (χ0v) is 19.5. The third-order valence-corrected chi connectivity index (χ3v) is 6.95. The topological polar surface area (TPSA) is 89.0 Å². The summed E-state index contributed by atoms with van der Waals surface area (Å²) in [5.41, 5.74) is -0.0790. The Bertz CT molecular complexity index is 774. The molecule has 30 heavy (non-hydrogen) atoms. The first-order valence-corrected chi connectivity index (χ1v) is 11.3. The van der Waals surface area contributed by atoms with Gasteiger partial charge in [-0.25, -0.2) is 14.6 Å². The van der Waals surface area contributed by atoms with Gasteiger partial charge in [-0.2, -0.15) is 0 Å². The lowest BCUT2D eigenvalue weighted by Gasteiger charge is -2.49. The number of pyridine rings is 1. The Hall–Kier alpha value is -1.67. The van der Waals surface area contributed by atoms with Crippen molar-refractivity contribution in [2.24, 2.45) is 5.41 Å². The highest BCUT2D eigenvalue weighted by atomic mass is 79.9. The highest BCUT2D eigenvalue weighted by Crippen LogP contribution is 2.53. The van der Waals surface area contributed by atoms with Gasteiger partial charge in [0, 0.05) is 24.8 Å². The number of likely N-dealkylation sites (tertiary alicyclic amines) is 1. The smallest absolute Gasteiger partial charge is 0.410 e. The lowest BCUT2D eigenvalue weighted by molar-refractivity contribution is -0.157. The van der Waals surface area contributed by atoms with Crippen molar-refractivity contribution >= 4 is 28.0 Å². The number of aromatic nitrogens is 1. The molecule has 166 valence electrons. The summed E-state index contributed by atoms with van der Waals surface area (Å²) >= 11 is 3.51. The molecular formula is C22H31BrN2O5. The average Bonchev–Trinajstić information content (AvgIpc) is 2.68. The van der Waals surface area contributed by atoms with Gasteiger partial charge in [0.2, 0.25) is 0 Å². The van der Waals surface area contributed by atoms with Gasteiger partial charge in [0.1, 0.15) is 16.8 Å². The van der Waals surface area contributed by atoms with Gasteiger partial charge in [0.25, 0.3) is 0 Å². The van der Waals surface area contributed by atoms with E-state index in [-0.39, 0.29) is 18.1 Å². The lowest BCUT2D eigenvalue weighted by Crippen LogP contribution is -2.48. The number of piperidine rings is 1. The number of carboxylic acids is 1. The summed E-state index contributed by atoms with van der Waals surface area (Å²) in [6, 6.07) is 3.82. The standard InChI is InChI=1S/C22H31BrN2O5/c1-20(2,3)30-19(28)25-13-10-21(11-14-25)6-8-22(9-7-21,29-15-17(26)27)16-5-4-12-24-18(16)23/h4-5,12H,6-11,13-15H2,1-3H3,(H,26,27). The number of nitrogens with zero attached hydrogens (tertiary/aromatic N) is 2. The molecule has 1 aliphatic carbocycles. The average molecular weight is 483 g/mol. The molecule has 1 N–H and O–H groups in total. The molecule has 7 nitrogen and oxygen atoms in total. The predicted molar refractivity (Wildman–Crippen MR) is 115 cm³/mol. The van der Waals surface area contributed by atoms with Crippen molar-refractivity contribution in [2.45, 2.75) is 70.5 Å². The molecular weight excluding hydrogens is 452 g/mol. The first-order valence-electron chi connectivity index (χ1n) is 10.5. The molecule has 1 saturated heterocycles. The van der Waals surface area contributed by atoms with Crippen LogP contribution in [0.5, 0.6) is 0 Å². The number of carbonyl (C=O) groups excluding carboxylic acids is 1. The van der Waals surface area contributed by atoms with Gasteiger partial charge in [-0.1, -0.05) is 6.07 Å². The maximum Gasteiger partial charge on any atom is 0.410 e. The van der Waals surface area contributed by atoms with Crippen LogP contribution < -0.4 is 0 Å². The largest absolute Gasteiger partial charge is 0.480 e. The van der Waals surface area contributed by atoms with Gasteiger partial charge < -0.3 is 19.5 Å². The quantitative estimate of drug-likeness (QED) is 0.623. The summed E-state index contributed by atoms with van der Waals surface area (Å²) in [4.78, 5) is 29.7. The third kappa shape index (κ3) is 5.32. The van der Waals surface area contributed by atoms with Crippen LogP contribution in [0.4, 0.5) is 4.79 Å². The van der Waals surface area contributed by atoms with Crippen LogP contribution in [0, 0.1) is 5.41 Å². The van der Waals surface area contributed by atoms with Crippen LogP contribution in [0.2, 0.25) is 0 Å². The number of halogens is 1. The van der Waals surface area contributed by atoms with Crippen LogP contribution in [0.1, 0.15) is 64.9 Å². The highest BCUT2D eigenvalue weighted by molar-refractivity contribution is 9.10. The van der Waals surface area contributed by atoms with Crippen molar-refractivity contribution in [3.8, 4) is 0 Å². The van der Waals surface area contributed by atoms with E-state index in [0.29, 0.717) is 17.7 Å². The van der Waals surface area contributed by atoms with E-state index < -0.39 is 17.2 Å². The molecule has 8 heteroatoms. The van der Waals surface area contributed by atoms with Crippen LogP contribution in [0.3, 0.4) is 0 Å². The number of amides is 1. The number of carboxylic acid groups (broad SMARTS) is 1. The molecule has 1 amide bonds. The number of rotatable bonds is 4. The van der Waals surface area contributed by atoms with Gasteiger partial charge in [-0.05, 0) is 86.7 Å². The van der Waals surface area contributed by atoms with Crippen LogP contribution in [-0.2, 0) is 19.9 Å². The summed E-state index contributed by atoms with van der Waals surface area (Å²) in [7, 11) is 0. The Kier molecular flexibility index (Phi) is 6.77. The molecule has 3 rings (SSSR count). The minimum absolute atomic E-state index is 0.156. The van der Waals surface area contributed by atoms with Gasteiger partial charge in [-0.3, -0.25) is 0 Å². The molecule has 1 saturated carbocycles. The molecule has 2 aliphatic rings. The van der Waals surface area contributed by atoms with Crippen LogP contribution in [0.25, 0.3) is 0 Å². The fraction of sp³-hybridized carbons (Fsp3) is 0.682. The fourth-order valence-electron chi connectivity index (χ4n) is 4.59. The number of aliphatic carboxylic acids is 1. The van der Waals surface area contributed by atoms with Crippen LogP contribution in [-0.4, -0.2) is 52.4 Å². The Morgan fingerprint density at radius 3 is 2.33 bits per heavy atom. The maximum atomic E-state index is 12.4. The van der Waals surface area contributed by atoms with Gasteiger partial charge in [-0.15, -0.1) is 0 Å². The van der Waals surface area contributed by atoms with Gasteiger partial charge in [0.05, 0.1) is 5.60 Å². The molecule has 0 radical (unpaired) electrons. The predicted octanol–water partition coefficient (Wildman–Crippen LogP) is 4.73. The Morgan fingerprint density at radius 2 is 1.80 bits per heavy atom. The zero-order chi connectivity index (χ0) is 22.0. The molecule has 0 unspecified atom stereocenters. The van der Waals surface area contributed by atoms with Gasteiger partial charge >= 0.3 is 12.1 Å². The molecule has 1 aromatic heterocycles. The van der Waals surface area contributed by atoms with E-state index in [0.717, 1.165) is 44.1 Å². The summed E-state index contributed by atoms with van der Waals surface area (Å²) in [6.07, 6.45) is 6.63. The monoisotopic (exact) mass is 482 g/mol. The molecule has 0 bridgehead atoms. The summed E-state index contributed by atoms with van der Waals surface area (Å²) < 4.78 is 12.2. The SMILES string of the molecule is CC(C)(C)OC(=O)N1CCC2(CC1)CCC(OCC(=O)O)(c1cccnc1Br)CC2. The third-order valence-electron chi connectivity index (χ3n) is 6.32. The molecule has 0 atom stereocenters. The van der Waals surface area contributed by atoms with E-state index in [9.17, 15) is 14.7 Å².